The maximum Gasteiger partial charge on any atom is 0.290 e. The Bertz CT molecular complexity index is 1050. The van der Waals surface area contributed by atoms with Crippen LogP contribution in [-0.2, 0) is 0 Å². The molecule has 25 heavy (non-hydrogen) atoms. The van der Waals surface area contributed by atoms with E-state index in [9.17, 15) is 9.59 Å². The Morgan fingerprint density at radius 1 is 1.08 bits per heavy atom. The van der Waals surface area contributed by atoms with Crippen LogP contribution in [0.1, 0.15) is 33.3 Å². The smallest absolute Gasteiger partial charge is 0.290 e. The lowest BCUT2D eigenvalue weighted by atomic mass is 9.98. The van der Waals surface area contributed by atoms with Crippen molar-refractivity contribution in [1.29, 1.82) is 0 Å². The molecule has 126 valence electrons. The van der Waals surface area contributed by atoms with Gasteiger partial charge in [0.2, 0.25) is 5.76 Å². The number of amides is 1. The van der Waals surface area contributed by atoms with Crippen molar-refractivity contribution in [3.63, 3.8) is 0 Å². The zero-order chi connectivity index (χ0) is 17.7. The SMILES string of the molecule is COc1ccc([C@H]2c3c(oc4ccc(C)cc4c3=O)C(=O)N2C)cc1. The third-order valence-corrected chi connectivity index (χ3v) is 4.69. The average molecular weight is 335 g/mol. The number of fused-ring (bicyclic) bond motifs is 2. The highest BCUT2D eigenvalue weighted by Gasteiger charge is 2.40. The molecule has 0 saturated carbocycles. The standard InChI is InChI=1S/C20H17NO4/c1-11-4-9-15-14(10-11)18(22)16-17(21(2)20(23)19(16)25-15)12-5-7-13(24-3)8-6-12/h4-10,17H,1-3H3/t17-/m0/s1. The fraction of sp³-hybridized carbons (Fsp3) is 0.200. The molecule has 0 bridgehead atoms. The largest absolute Gasteiger partial charge is 0.497 e. The molecule has 4 rings (SSSR count). The first-order valence-corrected chi connectivity index (χ1v) is 7.99. The molecule has 0 aliphatic carbocycles. The number of methoxy groups -OCH3 is 1. The monoisotopic (exact) mass is 335 g/mol. The second-order valence-electron chi connectivity index (χ2n) is 6.27. The molecule has 1 amide bonds. The summed E-state index contributed by atoms with van der Waals surface area (Å²) in [5.74, 6) is 0.567. The third-order valence-electron chi connectivity index (χ3n) is 4.69. The zero-order valence-electron chi connectivity index (χ0n) is 14.2. The first-order valence-electron chi connectivity index (χ1n) is 7.99. The van der Waals surface area contributed by atoms with Crippen molar-refractivity contribution >= 4 is 16.9 Å². The van der Waals surface area contributed by atoms with Crippen LogP contribution in [0.25, 0.3) is 11.0 Å². The van der Waals surface area contributed by atoms with Crippen molar-refractivity contribution in [2.45, 2.75) is 13.0 Å². The number of carbonyl (C=O) groups excluding carboxylic acids is 1. The van der Waals surface area contributed by atoms with Crippen LogP contribution in [0.15, 0.2) is 51.7 Å². The van der Waals surface area contributed by atoms with Crippen LogP contribution in [0, 0.1) is 6.92 Å². The van der Waals surface area contributed by atoms with E-state index in [2.05, 4.69) is 0 Å². The lowest BCUT2D eigenvalue weighted by molar-refractivity contribution is 0.0771. The molecule has 1 atom stereocenters. The van der Waals surface area contributed by atoms with Gasteiger partial charge in [-0.05, 0) is 36.8 Å². The Hall–Kier alpha value is -3.08. The van der Waals surface area contributed by atoms with E-state index in [1.807, 2.05) is 37.3 Å². The van der Waals surface area contributed by atoms with Gasteiger partial charge < -0.3 is 14.1 Å². The molecule has 1 aliphatic rings. The highest BCUT2D eigenvalue weighted by Crippen LogP contribution is 2.37. The summed E-state index contributed by atoms with van der Waals surface area (Å²) >= 11 is 0. The van der Waals surface area contributed by atoms with Crippen molar-refractivity contribution in [1.82, 2.24) is 4.90 Å². The summed E-state index contributed by atoms with van der Waals surface area (Å²) in [7, 11) is 3.28. The number of hydrogen-bond donors (Lipinski definition) is 0. The topological polar surface area (TPSA) is 59.8 Å². The second-order valence-corrected chi connectivity index (χ2v) is 6.27. The Morgan fingerprint density at radius 3 is 2.48 bits per heavy atom. The van der Waals surface area contributed by atoms with E-state index < -0.39 is 6.04 Å². The van der Waals surface area contributed by atoms with Crippen LogP contribution in [0.3, 0.4) is 0 Å². The van der Waals surface area contributed by atoms with Gasteiger partial charge in [0.1, 0.15) is 11.3 Å². The van der Waals surface area contributed by atoms with E-state index in [0.29, 0.717) is 16.5 Å². The van der Waals surface area contributed by atoms with Crippen LogP contribution in [0.5, 0.6) is 5.75 Å². The highest BCUT2D eigenvalue weighted by atomic mass is 16.5. The summed E-state index contributed by atoms with van der Waals surface area (Å²) in [5.41, 5.74) is 2.49. The summed E-state index contributed by atoms with van der Waals surface area (Å²) in [6, 6.07) is 12.3. The average Bonchev–Trinajstić information content (AvgIpc) is 2.88. The van der Waals surface area contributed by atoms with Gasteiger partial charge in [-0.3, -0.25) is 9.59 Å². The summed E-state index contributed by atoms with van der Waals surface area (Å²) in [4.78, 5) is 27.3. The van der Waals surface area contributed by atoms with Crippen molar-refractivity contribution in [2.75, 3.05) is 14.2 Å². The number of nitrogens with zero attached hydrogens (tertiary/aromatic N) is 1. The van der Waals surface area contributed by atoms with Crippen molar-refractivity contribution in [2.24, 2.45) is 0 Å². The maximum atomic E-state index is 13.1. The predicted octanol–water partition coefficient (Wildman–Crippen LogP) is 3.29. The van der Waals surface area contributed by atoms with Gasteiger partial charge in [0.05, 0.1) is 24.1 Å². The van der Waals surface area contributed by atoms with Gasteiger partial charge in [-0.25, -0.2) is 0 Å². The number of hydrogen-bond acceptors (Lipinski definition) is 4. The van der Waals surface area contributed by atoms with E-state index in [-0.39, 0.29) is 17.1 Å². The van der Waals surface area contributed by atoms with Gasteiger partial charge in [0.15, 0.2) is 5.43 Å². The van der Waals surface area contributed by atoms with Gasteiger partial charge >= 0.3 is 0 Å². The number of rotatable bonds is 2. The normalized spacial score (nSPS) is 16.4. The third kappa shape index (κ3) is 2.23. The van der Waals surface area contributed by atoms with Crippen LogP contribution >= 0.6 is 0 Å². The fourth-order valence-electron chi connectivity index (χ4n) is 3.38. The Morgan fingerprint density at radius 2 is 1.80 bits per heavy atom. The van der Waals surface area contributed by atoms with Gasteiger partial charge in [-0.1, -0.05) is 23.8 Å². The van der Waals surface area contributed by atoms with Gasteiger partial charge in [0, 0.05) is 7.05 Å². The number of ether oxygens (including phenoxy) is 1. The van der Waals surface area contributed by atoms with E-state index >= 15 is 0 Å². The summed E-state index contributed by atoms with van der Waals surface area (Å²) in [6.45, 7) is 1.92. The minimum atomic E-state index is -0.463. The Labute approximate surface area is 144 Å². The Kier molecular flexibility index (Phi) is 3.39. The lowest BCUT2D eigenvalue weighted by Gasteiger charge is -2.20. The first kappa shape index (κ1) is 15.4. The molecule has 1 aromatic heterocycles. The number of benzene rings is 2. The molecular formula is C20H17NO4. The molecule has 1 aliphatic heterocycles. The molecule has 0 N–H and O–H groups in total. The Balaban J connectivity index is 1.98. The molecule has 2 aromatic carbocycles. The molecular weight excluding hydrogens is 318 g/mol. The van der Waals surface area contributed by atoms with Crippen LogP contribution in [0.2, 0.25) is 0 Å². The van der Waals surface area contributed by atoms with E-state index in [4.69, 9.17) is 9.15 Å². The van der Waals surface area contributed by atoms with Gasteiger partial charge in [-0.2, -0.15) is 0 Å². The molecule has 0 spiro atoms. The molecule has 2 heterocycles. The molecule has 5 heteroatoms. The molecule has 0 radical (unpaired) electrons. The maximum absolute atomic E-state index is 13.1. The van der Waals surface area contributed by atoms with Gasteiger partial charge in [0.25, 0.3) is 5.91 Å². The quantitative estimate of drug-likeness (QED) is 0.721. The first-order chi connectivity index (χ1) is 12.0. The predicted molar refractivity (Wildman–Crippen MR) is 94.2 cm³/mol. The van der Waals surface area contributed by atoms with E-state index in [1.165, 1.54) is 0 Å². The van der Waals surface area contributed by atoms with E-state index in [1.54, 1.807) is 31.2 Å². The summed E-state index contributed by atoms with van der Waals surface area (Å²) in [6.07, 6.45) is 0. The number of aryl methyl sites for hydroxylation is 1. The zero-order valence-corrected chi connectivity index (χ0v) is 14.2. The second kappa shape index (κ2) is 5.48. The van der Waals surface area contributed by atoms with Crippen LogP contribution in [-0.4, -0.2) is 25.0 Å². The number of carbonyl (C=O) groups is 1. The van der Waals surface area contributed by atoms with Crippen molar-refractivity contribution in [3.8, 4) is 5.75 Å². The summed E-state index contributed by atoms with van der Waals surface area (Å²) in [5, 5.41) is 0.500. The molecule has 3 aromatic rings. The molecule has 0 saturated heterocycles. The van der Waals surface area contributed by atoms with Crippen molar-refractivity contribution < 1.29 is 13.9 Å². The minimum absolute atomic E-state index is 0.129. The minimum Gasteiger partial charge on any atom is -0.497 e. The molecule has 5 nitrogen and oxygen atoms in total. The summed E-state index contributed by atoms with van der Waals surface area (Å²) < 4.78 is 11.0. The van der Waals surface area contributed by atoms with Crippen LogP contribution in [0.4, 0.5) is 0 Å². The fourth-order valence-corrected chi connectivity index (χ4v) is 3.38. The molecule has 0 fully saturated rings. The van der Waals surface area contributed by atoms with Gasteiger partial charge in [-0.15, -0.1) is 0 Å². The van der Waals surface area contributed by atoms with Crippen LogP contribution < -0.4 is 10.2 Å². The van der Waals surface area contributed by atoms with Crippen molar-refractivity contribution in [3.05, 3.63) is 75.1 Å². The lowest BCUT2D eigenvalue weighted by Crippen LogP contribution is -2.25. The van der Waals surface area contributed by atoms with E-state index in [0.717, 1.165) is 16.9 Å². The molecule has 0 unspecified atom stereocenters. The highest BCUT2D eigenvalue weighted by molar-refractivity contribution is 5.98.